The summed E-state index contributed by atoms with van der Waals surface area (Å²) >= 11 is 0. The molecule has 6 heteroatoms. The first-order valence-electron chi connectivity index (χ1n) is 7.26. The van der Waals surface area contributed by atoms with Crippen molar-refractivity contribution in [2.45, 2.75) is 25.5 Å². The van der Waals surface area contributed by atoms with Crippen molar-refractivity contribution in [1.82, 2.24) is 14.3 Å². The quantitative estimate of drug-likeness (QED) is 0.852. The summed E-state index contributed by atoms with van der Waals surface area (Å²) < 4.78 is 2.09. The summed E-state index contributed by atoms with van der Waals surface area (Å²) in [5.41, 5.74) is 7.26. The second kappa shape index (κ2) is 5.83. The normalized spacial score (nSPS) is 18.9. The minimum atomic E-state index is -1.01. The molecule has 2 aromatic rings. The lowest BCUT2D eigenvalue weighted by Crippen LogP contribution is -2.42. The van der Waals surface area contributed by atoms with E-state index in [0.717, 1.165) is 43.8 Å². The van der Waals surface area contributed by atoms with Crippen LogP contribution in [0.2, 0.25) is 0 Å². The van der Waals surface area contributed by atoms with Crippen LogP contribution in [-0.4, -0.2) is 44.5 Å². The third kappa shape index (κ3) is 2.91. The molecular formula is C15H20N4O2. The van der Waals surface area contributed by atoms with Crippen molar-refractivity contribution in [2.75, 3.05) is 13.1 Å². The van der Waals surface area contributed by atoms with Crippen LogP contribution in [-0.2, 0) is 11.3 Å². The maximum atomic E-state index is 11.0. The number of fused-ring (bicyclic) bond motifs is 1. The van der Waals surface area contributed by atoms with Gasteiger partial charge in [-0.15, -0.1) is 0 Å². The predicted octanol–water partition coefficient (Wildman–Crippen LogP) is 0.392. The summed E-state index contributed by atoms with van der Waals surface area (Å²) in [5.74, 6) is -0.629. The number of primary amides is 1. The van der Waals surface area contributed by atoms with E-state index in [0.29, 0.717) is 0 Å². The number of amides is 1. The first-order valence-corrected chi connectivity index (χ1v) is 7.26. The SMILES string of the molecule is NC(=O)[C@H](O)C1CCN(Cc2cnc3ccccn23)CC1. The molecule has 6 nitrogen and oxygen atoms in total. The number of rotatable bonds is 4. The molecule has 112 valence electrons. The molecule has 1 aliphatic rings. The molecular weight excluding hydrogens is 268 g/mol. The van der Waals surface area contributed by atoms with Crippen molar-refractivity contribution in [1.29, 1.82) is 0 Å². The van der Waals surface area contributed by atoms with E-state index in [1.807, 2.05) is 30.6 Å². The largest absolute Gasteiger partial charge is 0.383 e. The van der Waals surface area contributed by atoms with Crippen LogP contribution < -0.4 is 5.73 Å². The van der Waals surface area contributed by atoms with Gasteiger partial charge in [-0.25, -0.2) is 4.98 Å². The smallest absolute Gasteiger partial charge is 0.246 e. The number of likely N-dealkylation sites (tertiary alicyclic amines) is 1. The molecule has 1 fully saturated rings. The highest BCUT2D eigenvalue weighted by Crippen LogP contribution is 2.22. The standard InChI is InChI=1S/C15H20N4O2/c16-15(21)14(20)11-4-7-18(8-5-11)10-12-9-17-13-3-1-2-6-19(12)13/h1-3,6,9,11,14,20H,4-5,7-8,10H2,(H2,16,21)/t14-/m1/s1. The Labute approximate surface area is 123 Å². The fourth-order valence-corrected chi connectivity index (χ4v) is 2.99. The van der Waals surface area contributed by atoms with Crippen molar-refractivity contribution < 1.29 is 9.90 Å². The number of nitrogens with zero attached hydrogens (tertiary/aromatic N) is 3. The van der Waals surface area contributed by atoms with Crippen molar-refractivity contribution in [3.63, 3.8) is 0 Å². The van der Waals surface area contributed by atoms with Gasteiger partial charge in [0.25, 0.3) is 0 Å². The number of carbonyl (C=O) groups excluding carboxylic acids is 1. The van der Waals surface area contributed by atoms with Crippen LogP contribution in [0.1, 0.15) is 18.5 Å². The molecule has 1 amide bonds. The van der Waals surface area contributed by atoms with Gasteiger partial charge in [-0.2, -0.15) is 0 Å². The molecule has 0 bridgehead atoms. The molecule has 1 aliphatic heterocycles. The van der Waals surface area contributed by atoms with Crippen molar-refractivity contribution >= 4 is 11.6 Å². The van der Waals surface area contributed by atoms with Gasteiger partial charge in [0.2, 0.25) is 5.91 Å². The lowest BCUT2D eigenvalue weighted by atomic mass is 9.91. The Bertz CT molecular complexity index is 631. The fraction of sp³-hybridized carbons (Fsp3) is 0.467. The highest BCUT2D eigenvalue weighted by Gasteiger charge is 2.28. The zero-order valence-electron chi connectivity index (χ0n) is 11.9. The Morgan fingerprint density at radius 2 is 2.19 bits per heavy atom. The summed E-state index contributed by atoms with van der Waals surface area (Å²) in [4.78, 5) is 17.7. The van der Waals surface area contributed by atoms with E-state index < -0.39 is 12.0 Å². The summed E-state index contributed by atoms with van der Waals surface area (Å²) in [6.45, 7) is 2.54. The molecule has 1 atom stereocenters. The minimum absolute atomic E-state index is 0.0130. The first kappa shape index (κ1) is 14.0. The van der Waals surface area contributed by atoms with Gasteiger partial charge in [0.15, 0.2) is 0 Å². The Kier molecular flexibility index (Phi) is 3.90. The summed E-state index contributed by atoms with van der Waals surface area (Å²) in [7, 11) is 0. The molecule has 0 saturated carbocycles. The topological polar surface area (TPSA) is 83.9 Å². The van der Waals surface area contributed by atoms with Crippen molar-refractivity contribution in [3.8, 4) is 0 Å². The third-order valence-corrected chi connectivity index (χ3v) is 4.25. The number of aliphatic hydroxyl groups excluding tert-OH is 1. The number of carbonyl (C=O) groups is 1. The number of imidazole rings is 1. The Morgan fingerprint density at radius 3 is 2.90 bits per heavy atom. The second-order valence-electron chi connectivity index (χ2n) is 5.64. The maximum Gasteiger partial charge on any atom is 0.246 e. The Hall–Kier alpha value is -1.92. The zero-order valence-corrected chi connectivity index (χ0v) is 11.9. The Balaban J connectivity index is 1.62. The van der Waals surface area contributed by atoms with Gasteiger partial charge in [-0.1, -0.05) is 6.07 Å². The van der Waals surface area contributed by atoms with Crippen LogP contribution in [0.5, 0.6) is 0 Å². The number of nitrogens with two attached hydrogens (primary N) is 1. The molecule has 1 saturated heterocycles. The minimum Gasteiger partial charge on any atom is -0.383 e. The van der Waals surface area contributed by atoms with Gasteiger partial charge in [-0.05, 0) is 44.0 Å². The van der Waals surface area contributed by atoms with Gasteiger partial charge in [0, 0.05) is 12.7 Å². The van der Waals surface area contributed by atoms with E-state index in [1.165, 1.54) is 0 Å². The molecule has 0 aromatic carbocycles. The lowest BCUT2D eigenvalue weighted by molar-refractivity contribution is -0.129. The van der Waals surface area contributed by atoms with Gasteiger partial charge in [0.1, 0.15) is 11.8 Å². The molecule has 0 aliphatic carbocycles. The van der Waals surface area contributed by atoms with Crippen LogP contribution in [0.25, 0.3) is 5.65 Å². The lowest BCUT2D eigenvalue weighted by Gasteiger charge is -2.33. The molecule has 0 unspecified atom stereocenters. The summed E-state index contributed by atoms with van der Waals surface area (Å²) in [6, 6.07) is 5.95. The summed E-state index contributed by atoms with van der Waals surface area (Å²) in [5, 5.41) is 9.73. The van der Waals surface area contributed by atoms with Gasteiger partial charge in [0.05, 0.1) is 11.9 Å². The molecule has 0 spiro atoms. The van der Waals surface area contributed by atoms with Crippen molar-refractivity contribution in [3.05, 3.63) is 36.3 Å². The van der Waals surface area contributed by atoms with E-state index in [-0.39, 0.29) is 5.92 Å². The van der Waals surface area contributed by atoms with Gasteiger partial charge < -0.3 is 15.2 Å². The third-order valence-electron chi connectivity index (χ3n) is 4.25. The number of aliphatic hydroxyl groups is 1. The van der Waals surface area contributed by atoms with E-state index in [9.17, 15) is 9.90 Å². The van der Waals surface area contributed by atoms with Gasteiger partial charge >= 0.3 is 0 Å². The molecule has 3 rings (SSSR count). The highest BCUT2D eigenvalue weighted by atomic mass is 16.3. The van der Waals surface area contributed by atoms with Gasteiger partial charge in [-0.3, -0.25) is 9.69 Å². The fourth-order valence-electron chi connectivity index (χ4n) is 2.99. The van der Waals surface area contributed by atoms with E-state index in [2.05, 4.69) is 14.3 Å². The number of hydrogen-bond acceptors (Lipinski definition) is 4. The average molecular weight is 288 g/mol. The van der Waals surface area contributed by atoms with E-state index in [4.69, 9.17) is 5.73 Å². The van der Waals surface area contributed by atoms with Crippen LogP contribution in [0.4, 0.5) is 0 Å². The molecule has 21 heavy (non-hydrogen) atoms. The van der Waals surface area contributed by atoms with Crippen LogP contribution in [0.3, 0.4) is 0 Å². The zero-order chi connectivity index (χ0) is 14.8. The molecule has 2 aromatic heterocycles. The van der Waals surface area contributed by atoms with Crippen LogP contribution in [0.15, 0.2) is 30.6 Å². The van der Waals surface area contributed by atoms with E-state index in [1.54, 1.807) is 0 Å². The molecule has 0 radical (unpaired) electrons. The van der Waals surface area contributed by atoms with Crippen LogP contribution >= 0.6 is 0 Å². The first-order chi connectivity index (χ1) is 10.1. The summed E-state index contributed by atoms with van der Waals surface area (Å²) in [6.07, 6.45) is 4.49. The second-order valence-corrected chi connectivity index (χ2v) is 5.64. The maximum absolute atomic E-state index is 11.0. The number of hydrogen-bond donors (Lipinski definition) is 2. The van der Waals surface area contributed by atoms with Crippen LogP contribution in [0, 0.1) is 5.92 Å². The molecule has 3 heterocycles. The highest BCUT2D eigenvalue weighted by molar-refractivity contribution is 5.78. The predicted molar refractivity (Wildman–Crippen MR) is 78.4 cm³/mol. The molecule has 3 N–H and O–H groups in total. The number of aromatic nitrogens is 2. The number of piperidine rings is 1. The number of pyridine rings is 1. The van der Waals surface area contributed by atoms with Crippen molar-refractivity contribution in [2.24, 2.45) is 11.7 Å². The van der Waals surface area contributed by atoms with E-state index >= 15 is 0 Å². The monoisotopic (exact) mass is 288 g/mol. The Morgan fingerprint density at radius 1 is 1.43 bits per heavy atom. The average Bonchev–Trinajstić information content (AvgIpc) is 2.91.